The minimum absolute atomic E-state index is 0.328. The van der Waals surface area contributed by atoms with E-state index in [4.69, 9.17) is 14.4 Å². The SMILES string of the molecule is CC1(C)OB(c2cccc3nn(CS(C)(C)C)cc23)OC1(C)C. The quantitative estimate of drug-likeness (QED) is 0.810. The van der Waals surface area contributed by atoms with Crippen molar-refractivity contribution in [1.82, 2.24) is 9.78 Å². The lowest BCUT2D eigenvalue weighted by Gasteiger charge is -2.32. The van der Waals surface area contributed by atoms with Crippen molar-refractivity contribution in [3.8, 4) is 0 Å². The van der Waals surface area contributed by atoms with Crippen molar-refractivity contribution in [3.05, 3.63) is 24.4 Å². The van der Waals surface area contributed by atoms with Crippen LogP contribution in [-0.2, 0) is 15.2 Å². The van der Waals surface area contributed by atoms with Gasteiger partial charge in [0.25, 0.3) is 0 Å². The van der Waals surface area contributed by atoms with Gasteiger partial charge in [-0.3, -0.25) is 4.68 Å². The standard InChI is InChI=1S/C17H27BN2O2S/c1-16(2)17(3,4)22-18(21-16)14-9-8-10-15-13(14)11-20(19-15)12-23(5,6)7/h8-11H,12H2,1-7H3. The van der Waals surface area contributed by atoms with E-state index in [1.54, 1.807) is 0 Å². The summed E-state index contributed by atoms with van der Waals surface area (Å²) < 4.78 is 14.5. The molecule has 0 bridgehead atoms. The normalized spacial score (nSPS) is 21.1. The van der Waals surface area contributed by atoms with Crippen molar-refractivity contribution in [3.63, 3.8) is 0 Å². The van der Waals surface area contributed by atoms with Gasteiger partial charge in [-0.25, -0.2) is 10.0 Å². The van der Waals surface area contributed by atoms with Crippen LogP contribution in [-0.4, -0.2) is 46.9 Å². The molecule has 0 N–H and O–H groups in total. The lowest BCUT2D eigenvalue weighted by atomic mass is 9.77. The first kappa shape index (κ1) is 16.9. The van der Waals surface area contributed by atoms with Gasteiger partial charge in [0.2, 0.25) is 0 Å². The zero-order valence-corrected chi connectivity index (χ0v) is 16.0. The Balaban J connectivity index is 1.99. The summed E-state index contributed by atoms with van der Waals surface area (Å²) in [5.74, 6) is 0.963. The average Bonchev–Trinajstić information content (AvgIpc) is 2.84. The molecule has 126 valence electrons. The van der Waals surface area contributed by atoms with Gasteiger partial charge in [-0.15, -0.1) is 0 Å². The van der Waals surface area contributed by atoms with Crippen molar-refractivity contribution >= 4 is 33.5 Å². The molecule has 0 spiro atoms. The van der Waals surface area contributed by atoms with Gasteiger partial charge in [-0.2, -0.15) is 5.10 Å². The Morgan fingerprint density at radius 1 is 1.09 bits per heavy atom. The van der Waals surface area contributed by atoms with Gasteiger partial charge < -0.3 is 9.31 Å². The number of aromatic nitrogens is 2. The van der Waals surface area contributed by atoms with Crippen molar-refractivity contribution in [1.29, 1.82) is 0 Å². The fourth-order valence-corrected chi connectivity index (χ4v) is 3.68. The van der Waals surface area contributed by atoms with Crippen molar-refractivity contribution in [2.75, 3.05) is 18.8 Å². The molecule has 1 aromatic heterocycles. The first-order valence-corrected chi connectivity index (χ1v) is 11.0. The third kappa shape index (κ3) is 3.17. The molecule has 2 aromatic rings. The summed E-state index contributed by atoms with van der Waals surface area (Å²) in [5.41, 5.74) is 1.41. The highest BCUT2D eigenvalue weighted by Crippen LogP contribution is 2.38. The fourth-order valence-electron chi connectivity index (χ4n) is 2.75. The number of hydrogen-bond donors (Lipinski definition) is 0. The Kier molecular flexibility index (Phi) is 3.86. The van der Waals surface area contributed by atoms with Gasteiger partial charge >= 0.3 is 7.12 Å². The van der Waals surface area contributed by atoms with Crippen molar-refractivity contribution in [2.45, 2.75) is 44.8 Å². The van der Waals surface area contributed by atoms with E-state index in [-0.39, 0.29) is 18.3 Å². The summed E-state index contributed by atoms with van der Waals surface area (Å²) in [5, 5.41) is 5.85. The largest absolute Gasteiger partial charge is 0.495 e. The molecular weight excluding hydrogens is 307 g/mol. The Hall–Kier alpha value is -0.975. The Labute approximate surface area is 141 Å². The van der Waals surface area contributed by atoms with Crippen LogP contribution >= 0.6 is 10.0 Å². The van der Waals surface area contributed by atoms with Gasteiger partial charge in [0.05, 0.1) is 22.6 Å². The van der Waals surface area contributed by atoms with Crippen LogP contribution in [0.5, 0.6) is 0 Å². The lowest BCUT2D eigenvalue weighted by molar-refractivity contribution is 0.00578. The maximum Gasteiger partial charge on any atom is 0.495 e. The topological polar surface area (TPSA) is 36.3 Å². The smallest absolute Gasteiger partial charge is 0.399 e. The molecule has 23 heavy (non-hydrogen) atoms. The number of benzene rings is 1. The molecule has 0 radical (unpaired) electrons. The first-order valence-electron chi connectivity index (χ1n) is 7.96. The van der Waals surface area contributed by atoms with E-state index in [0.29, 0.717) is 0 Å². The zero-order valence-electron chi connectivity index (χ0n) is 15.2. The van der Waals surface area contributed by atoms with E-state index in [0.717, 1.165) is 22.2 Å². The summed E-state index contributed by atoms with van der Waals surface area (Å²) in [6, 6.07) is 6.17. The predicted molar refractivity (Wildman–Crippen MR) is 101 cm³/mol. The maximum atomic E-state index is 6.21. The van der Waals surface area contributed by atoms with Crippen LogP contribution in [0, 0.1) is 0 Å². The van der Waals surface area contributed by atoms with E-state index in [9.17, 15) is 0 Å². The molecular formula is C17H27BN2O2S. The van der Waals surface area contributed by atoms with E-state index in [1.165, 1.54) is 0 Å². The lowest BCUT2D eigenvalue weighted by Crippen LogP contribution is -2.41. The molecule has 0 atom stereocenters. The van der Waals surface area contributed by atoms with Crippen LogP contribution in [0.4, 0.5) is 0 Å². The molecule has 1 aliphatic heterocycles. The molecule has 1 aromatic carbocycles. The molecule has 4 nitrogen and oxygen atoms in total. The molecule has 1 aliphatic rings. The molecule has 0 unspecified atom stereocenters. The van der Waals surface area contributed by atoms with Crippen LogP contribution in [0.2, 0.25) is 0 Å². The summed E-state index contributed by atoms with van der Waals surface area (Å²) in [6.45, 7) is 8.33. The van der Waals surface area contributed by atoms with Crippen molar-refractivity contribution in [2.24, 2.45) is 0 Å². The second kappa shape index (κ2) is 5.26. The van der Waals surface area contributed by atoms with Crippen LogP contribution in [0.1, 0.15) is 27.7 Å². The third-order valence-electron chi connectivity index (χ3n) is 4.66. The van der Waals surface area contributed by atoms with Gasteiger partial charge in [0, 0.05) is 11.6 Å². The molecule has 1 saturated heterocycles. The highest BCUT2D eigenvalue weighted by molar-refractivity contribution is 8.31. The Morgan fingerprint density at radius 3 is 2.26 bits per heavy atom. The summed E-state index contributed by atoms with van der Waals surface area (Å²) in [7, 11) is -1.00. The van der Waals surface area contributed by atoms with Crippen LogP contribution < -0.4 is 5.46 Å². The molecule has 0 aliphatic carbocycles. The Morgan fingerprint density at radius 2 is 1.70 bits per heavy atom. The van der Waals surface area contributed by atoms with E-state index in [1.807, 2.05) is 6.07 Å². The average molecular weight is 334 g/mol. The fraction of sp³-hybridized carbons (Fsp3) is 0.588. The van der Waals surface area contributed by atoms with Crippen LogP contribution in [0.25, 0.3) is 10.9 Å². The molecule has 1 fully saturated rings. The number of hydrogen-bond acceptors (Lipinski definition) is 3. The van der Waals surface area contributed by atoms with Gasteiger partial charge in [-0.1, -0.05) is 12.1 Å². The number of nitrogens with zero attached hydrogens (tertiary/aromatic N) is 2. The molecule has 0 saturated carbocycles. The maximum absolute atomic E-state index is 6.21. The van der Waals surface area contributed by atoms with Gasteiger partial charge in [-0.05, 0) is 58.0 Å². The van der Waals surface area contributed by atoms with Crippen LogP contribution in [0.15, 0.2) is 24.4 Å². The zero-order chi connectivity index (χ0) is 17.0. The molecule has 2 heterocycles. The van der Waals surface area contributed by atoms with Crippen molar-refractivity contribution < 1.29 is 9.31 Å². The second-order valence-electron chi connectivity index (χ2n) is 8.26. The predicted octanol–water partition coefficient (Wildman–Crippen LogP) is 2.99. The summed E-state index contributed by atoms with van der Waals surface area (Å²) in [6.07, 6.45) is 9.03. The minimum atomic E-state index is -0.656. The highest BCUT2D eigenvalue weighted by atomic mass is 32.3. The van der Waals surface area contributed by atoms with E-state index < -0.39 is 10.0 Å². The Bertz CT molecular complexity index is 718. The molecule has 6 heteroatoms. The van der Waals surface area contributed by atoms with E-state index >= 15 is 0 Å². The van der Waals surface area contributed by atoms with Gasteiger partial charge in [0.15, 0.2) is 0 Å². The number of rotatable bonds is 3. The highest BCUT2D eigenvalue weighted by Gasteiger charge is 2.52. The minimum Gasteiger partial charge on any atom is -0.399 e. The first-order chi connectivity index (χ1) is 10.5. The third-order valence-corrected chi connectivity index (χ3v) is 5.70. The van der Waals surface area contributed by atoms with Crippen LogP contribution in [0.3, 0.4) is 0 Å². The summed E-state index contributed by atoms with van der Waals surface area (Å²) in [4.78, 5) is 0. The monoisotopic (exact) mass is 334 g/mol. The van der Waals surface area contributed by atoms with Gasteiger partial charge in [0.1, 0.15) is 0 Å². The molecule has 3 rings (SSSR count). The summed E-state index contributed by atoms with van der Waals surface area (Å²) >= 11 is 0. The molecule has 0 amide bonds. The second-order valence-corrected chi connectivity index (χ2v) is 12.7. The van der Waals surface area contributed by atoms with E-state index in [2.05, 4.69) is 69.5 Å². The number of fused-ring (bicyclic) bond motifs is 1.